The van der Waals surface area contributed by atoms with E-state index < -0.39 is 28.7 Å². The Kier molecular flexibility index (Phi) is 3.73. The Morgan fingerprint density at radius 1 is 1.22 bits per heavy atom. The number of alkyl halides is 3. The summed E-state index contributed by atoms with van der Waals surface area (Å²) in [6, 6.07) is 5.08. The second-order valence-corrected chi connectivity index (χ2v) is 3.44. The molecule has 0 unspecified atom stereocenters. The minimum absolute atomic E-state index is 0.257. The van der Waals surface area contributed by atoms with Crippen molar-refractivity contribution in [1.82, 2.24) is 0 Å². The normalized spacial score (nSPS) is 10.4. The maximum absolute atomic E-state index is 13.7. The summed E-state index contributed by atoms with van der Waals surface area (Å²) in [7, 11) is 0. The van der Waals surface area contributed by atoms with Crippen molar-refractivity contribution in [3.05, 3.63) is 40.2 Å². The molecule has 6 heteroatoms. The van der Waals surface area contributed by atoms with Crippen LogP contribution in [-0.4, -0.2) is 0 Å². The summed E-state index contributed by atoms with van der Waals surface area (Å²) in [6.07, 6.45) is -4.04. The predicted molar refractivity (Wildman–Crippen MR) is 55.3 cm³/mol. The number of halogens is 4. The standard InChI is InChI=1S/C12H6F4N2/c1-7-2-3-9(4-8(5-17)6-18)11(13)10(7)12(14,15)16/h2-4H,1H3. The molecule has 0 fully saturated rings. The fourth-order valence-electron chi connectivity index (χ4n) is 1.39. The Morgan fingerprint density at radius 3 is 2.22 bits per heavy atom. The van der Waals surface area contributed by atoms with Gasteiger partial charge in [0, 0.05) is 5.56 Å². The summed E-state index contributed by atoms with van der Waals surface area (Å²) in [5.74, 6) is -1.48. The van der Waals surface area contributed by atoms with Crippen LogP contribution in [0.4, 0.5) is 17.6 Å². The first-order valence-electron chi connectivity index (χ1n) is 4.69. The molecule has 92 valence electrons. The number of hydrogen-bond acceptors (Lipinski definition) is 2. The quantitative estimate of drug-likeness (QED) is 0.568. The zero-order chi connectivity index (χ0) is 13.9. The molecule has 0 amide bonds. The highest BCUT2D eigenvalue weighted by Crippen LogP contribution is 2.35. The lowest BCUT2D eigenvalue weighted by Gasteiger charge is -2.12. The predicted octanol–water partition coefficient (Wildman–Crippen LogP) is 3.58. The van der Waals surface area contributed by atoms with E-state index in [-0.39, 0.29) is 5.56 Å². The summed E-state index contributed by atoms with van der Waals surface area (Å²) in [4.78, 5) is 0. The van der Waals surface area contributed by atoms with Crippen molar-refractivity contribution < 1.29 is 17.6 Å². The molecule has 0 saturated heterocycles. The molecule has 0 saturated carbocycles. The molecule has 0 aliphatic rings. The van der Waals surface area contributed by atoms with Gasteiger partial charge in [0.1, 0.15) is 23.5 Å². The Labute approximate surface area is 100 Å². The number of rotatable bonds is 1. The van der Waals surface area contributed by atoms with Crippen LogP contribution >= 0.6 is 0 Å². The van der Waals surface area contributed by atoms with E-state index in [9.17, 15) is 17.6 Å². The van der Waals surface area contributed by atoms with Crippen molar-refractivity contribution in [1.29, 1.82) is 10.5 Å². The molecular formula is C12H6F4N2. The van der Waals surface area contributed by atoms with Gasteiger partial charge in [-0.2, -0.15) is 23.7 Å². The SMILES string of the molecule is Cc1ccc(C=C(C#N)C#N)c(F)c1C(F)(F)F. The van der Waals surface area contributed by atoms with Crippen LogP contribution in [0.25, 0.3) is 6.08 Å². The van der Waals surface area contributed by atoms with Crippen molar-refractivity contribution in [3.63, 3.8) is 0 Å². The third kappa shape index (κ3) is 2.67. The van der Waals surface area contributed by atoms with Crippen molar-refractivity contribution in [2.45, 2.75) is 13.1 Å². The van der Waals surface area contributed by atoms with E-state index in [2.05, 4.69) is 0 Å². The van der Waals surface area contributed by atoms with Crippen molar-refractivity contribution in [3.8, 4) is 12.1 Å². The van der Waals surface area contributed by atoms with Crippen LogP contribution in [0.5, 0.6) is 0 Å². The van der Waals surface area contributed by atoms with Crippen molar-refractivity contribution in [2.75, 3.05) is 0 Å². The molecule has 1 aromatic rings. The Hall–Kier alpha value is -2.34. The Bertz CT molecular complexity index is 570. The lowest BCUT2D eigenvalue weighted by atomic mass is 10.0. The first-order chi connectivity index (χ1) is 8.31. The first kappa shape index (κ1) is 13.7. The minimum atomic E-state index is -4.82. The zero-order valence-corrected chi connectivity index (χ0v) is 9.14. The second-order valence-electron chi connectivity index (χ2n) is 3.44. The van der Waals surface area contributed by atoms with E-state index in [4.69, 9.17) is 10.5 Å². The van der Waals surface area contributed by atoms with Gasteiger partial charge in [-0.05, 0) is 18.6 Å². The largest absolute Gasteiger partial charge is 0.419 e. The minimum Gasteiger partial charge on any atom is -0.206 e. The maximum Gasteiger partial charge on any atom is 0.419 e. The second kappa shape index (κ2) is 4.89. The van der Waals surface area contributed by atoms with E-state index in [0.29, 0.717) is 0 Å². The number of nitrogens with zero attached hydrogens (tertiary/aromatic N) is 2. The molecule has 2 nitrogen and oxygen atoms in total. The van der Waals surface area contributed by atoms with Gasteiger partial charge in [0.15, 0.2) is 0 Å². The molecule has 0 atom stereocenters. The van der Waals surface area contributed by atoms with Crippen LogP contribution < -0.4 is 0 Å². The fraction of sp³-hybridized carbons (Fsp3) is 0.167. The highest BCUT2D eigenvalue weighted by molar-refractivity contribution is 5.63. The van der Waals surface area contributed by atoms with Gasteiger partial charge in [0.25, 0.3) is 0 Å². The lowest BCUT2D eigenvalue weighted by molar-refractivity contribution is -0.140. The lowest BCUT2D eigenvalue weighted by Crippen LogP contribution is -2.11. The van der Waals surface area contributed by atoms with Gasteiger partial charge in [0.05, 0.1) is 5.56 Å². The first-order valence-corrected chi connectivity index (χ1v) is 4.69. The van der Waals surface area contributed by atoms with Crippen LogP contribution in [0.3, 0.4) is 0 Å². The fourth-order valence-corrected chi connectivity index (χ4v) is 1.39. The average Bonchev–Trinajstić information content (AvgIpc) is 2.26. The van der Waals surface area contributed by atoms with Crippen molar-refractivity contribution >= 4 is 6.08 Å². The molecule has 0 radical (unpaired) electrons. The molecule has 0 N–H and O–H groups in total. The van der Waals surface area contributed by atoms with Gasteiger partial charge >= 0.3 is 6.18 Å². The van der Waals surface area contributed by atoms with E-state index in [1.807, 2.05) is 0 Å². The number of nitriles is 2. The summed E-state index contributed by atoms with van der Waals surface area (Å²) in [6.45, 7) is 1.13. The summed E-state index contributed by atoms with van der Waals surface area (Å²) in [5, 5.41) is 17.0. The maximum atomic E-state index is 13.7. The highest BCUT2D eigenvalue weighted by Gasteiger charge is 2.36. The van der Waals surface area contributed by atoms with E-state index in [0.717, 1.165) is 25.1 Å². The third-order valence-corrected chi connectivity index (χ3v) is 2.20. The average molecular weight is 254 g/mol. The number of allylic oxidation sites excluding steroid dienone is 1. The van der Waals surface area contributed by atoms with Crippen LogP contribution in [0.15, 0.2) is 17.7 Å². The molecule has 1 aromatic carbocycles. The van der Waals surface area contributed by atoms with E-state index >= 15 is 0 Å². The summed E-state index contributed by atoms with van der Waals surface area (Å²) in [5.41, 5.74) is -2.55. The molecule has 0 aliphatic heterocycles. The van der Waals surface area contributed by atoms with Crippen LogP contribution in [0.1, 0.15) is 16.7 Å². The van der Waals surface area contributed by atoms with Gasteiger partial charge in [-0.25, -0.2) is 4.39 Å². The molecule has 0 aliphatic carbocycles. The van der Waals surface area contributed by atoms with Gasteiger partial charge in [0.2, 0.25) is 0 Å². The van der Waals surface area contributed by atoms with Crippen molar-refractivity contribution in [2.24, 2.45) is 0 Å². The number of aryl methyl sites for hydroxylation is 1. The number of hydrogen-bond donors (Lipinski definition) is 0. The zero-order valence-electron chi connectivity index (χ0n) is 9.14. The molecule has 0 spiro atoms. The molecule has 18 heavy (non-hydrogen) atoms. The van der Waals surface area contributed by atoms with E-state index in [1.54, 1.807) is 0 Å². The van der Waals surface area contributed by atoms with E-state index in [1.165, 1.54) is 12.1 Å². The molecule has 1 rings (SSSR count). The third-order valence-electron chi connectivity index (χ3n) is 2.20. The summed E-state index contributed by atoms with van der Waals surface area (Å²) < 4.78 is 51.5. The van der Waals surface area contributed by atoms with Gasteiger partial charge < -0.3 is 0 Å². The van der Waals surface area contributed by atoms with Crippen LogP contribution in [0.2, 0.25) is 0 Å². The summed E-state index contributed by atoms with van der Waals surface area (Å²) >= 11 is 0. The molecule has 0 aromatic heterocycles. The molecule has 0 heterocycles. The highest BCUT2D eigenvalue weighted by atomic mass is 19.4. The smallest absolute Gasteiger partial charge is 0.206 e. The Balaban J connectivity index is 3.50. The monoisotopic (exact) mass is 254 g/mol. The van der Waals surface area contributed by atoms with Gasteiger partial charge in [-0.1, -0.05) is 12.1 Å². The number of benzene rings is 1. The molecule has 0 bridgehead atoms. The van der Waals surface area contributed by atoms with Gasteiger partial charge in [-0.15, -0.1) is 0 Å². The van der Waals surface area contributed by atoms with Crippen LogP contribution in [-0.2, 0) is 6.18 Å². The molecular weight excluding hydrogens is 248 g/mol. The van der Waals surface area contributed by atoms with Gasteiger partial charge in [-0.3, -0.25) is 0 Å². The topological polar surface area (TPSA) is 47.6 Å². The Morgan fingerprint density at radius 2 is 1.78 bits per heavy atom. The van der Waals surface area contributed by atoms with Crippen LogP contribution in [0, 0.1) is 35.4 Å².